The number of benzene rings is 7. The standard InChI is InChI=1S/C21H28O2.C19H24O2.C17H26O2.C16H24O2.C15H22O2/c1-6-20(4,5)19(22)23-21(7-2,8-3)18-14-13-16-11-9-10-12-17(16)15-18;1-6-18(2,3)17(20)21-19(4,5)16-12-11-14-9-7-8-10-15(14)13-16;1-6-16(4,5)15(18)19-17(7-2,8-3)14-12-10-9-11-13-14;1-6-15(3,4)14(17)18-16(5,7-2)13-11-9-8-10-12-13;1-6-14(2,3)13(16)17-15(4,5)12-10-8-7-9-11-12/h9-15H,6-8H2,1-5H3;7-13H,6H2,1-5H3;9-13H,6-8H2,1-5H3;8-12H,6-7H2,1-5H3;7-11H,6H2,1-5H3. The van der Waals surface area contributed by atoms with Gasteiger partial charge in [-0.15, -0.1) is 0 Å². The summed E-state index contributed by atoms with van der Waals surface area (Å²) in [5, 5.41) is 4.74. The van der Waals surface area contributed by atoms with E-state index in [2.05, 4.69) is 82.3 Å². The number of fused-ring (bicyclic) bond motifs is 2. The Morgan fingerprint density at radius 2 is 0.490 bits per heavy atom. The van der Waals surface area contributed by atoms with E-state index in [0.717, 1.165) is 97.4 Å². The molecule has 0 aliphatic carbocycles. The molecule has 0 aliphatic heterocycles. The van der Waals surface area contributed by atoms with Crippen LogP contribution >= 0.6 is 0 Å². The average Bonchev–Trinajstić information content (AvgIpc) is 0.805. The molecule has 0 radical (unpaired) electrons. The third-order valence-electron chi connectivity index (χ3n) is 20.6. The van der Waals surface area contributed by atoms with E-state index in [1.54, 1.807) is 0 Å². The molecule has 0 fully saturated rings. The Balaban J connectivity index is 0.000000320. The highest BCUT2D eigenvalue weighted by Crippen LogP contribution is 2.40. The second-order valence-electron chi connectivity index (χ2n) is 30.4. The van der Waals surface area contributed by atoms with Gasteiger partial charge in [0.25, 0.3) is 0 Å². The first-order chi connectivity index (χ1) is 45.7. The third kappa shape index (κ3) is 23.0. The first-order valence-corrected chi connectivity index (χ1v) is 36.0. The fourth-order valence-corrected chi connectivity index (χ4v) is 10.0. The number of carbonyl (C=O) groups excluding carboxylic acids is 5. The number of rotatable bonds is 25. The normalized spacial score (nSPS) is 12.8. The average molecular weight is 1340 g/mol. The van der Waals surface area contributed by atoms with Crippen LogP contribution in [0.15, 0.2) is 176 Å². The number of hydrogen-bond donors (Lipinski definition) is 0. The van der Waals surface area contributed by atoms with Gasteiger partial charge in [-0.25, -0.2) is 0 Å². The van der Waals surface area contributed by atoms with Crippen molar-refractivity contribution < 1.29 is 47.7 Å². The van der Waals surface area contributed by atoms with E-state index in [0.29, 0.717) is 0 Å². The number of ether oxygens (including phenoxy) is 5. The quantitative estimate of drug-likeness (QED) is 0.0402. The summed E-state index contributed by atoms with van der Waals surface area (Å²) in [7, 11) is 0. The van der Waals surface area contributed by atoms with Gasteiger partial charge in [-0.1, -0.05) is 233 Å². The van der Waals surface area contributed by atoms with Crippen molar-refractivity contribution in [2.75, 3.05) is 0 Å². The first-order valence-electron chi connectivity index (χ1n) is 36.0. The summed E-state index contributed by atoms with van der Waals surface area (Å²) < 4.78 is 29.2. The van der Waals surface area contributed by atoms with Gasteiger partial charge in [0, 0.05) is 0 Å². The van der Waals surface area contributed by atoms with Crippen molar-refractivity contribution in [1.82, 2.24) is 0 Å². The van der Waals surface area contributed by atoms with E-state index in [9.17, 15) is 24.0 Å². The van der Waals surface area contributed by atoms with Crippen molar-refractivity contribution in [3.8, 4) is 0 Å². The second kappa shape index (κ2) is 36.5. The molecule has 0 aromatic heterocycles. The van der Waals surface area contributed by atoms with Gasteiger partial charge < -0.3 is 23.7 Å². The molecular formula is C88H124O10. The largest absolute Gasteiger partial charge is 0.454 e. The molecular weight excluding hydrogens is 1220 g/mol. The van der Waals surface area contributed by atoms with Gasteiger partial charge in [0.15, 0.2) is 0 Å². The zero-order valence-corrected chi connectivity index (χ0v) is 64.9. The van der Waals surface area contributed by atoms with Crippen LogP contribution in [0.4, 0.5) is 0 Å². The monoisotopic (exact) mass is 1340 g/mol. The maximum atomic E-state index is 12.6. The lowest BCUT2D eigenvalue weighted by molar-refractivity contribution is -0.174. The van der Waals surface area contributed by atoms with Crippen LogP contribution in [0.3, 0.4) is 0 Å². The van der Waals surface area contributed by atoms with Crippen molar-refractivity contribution in [1.29, 1.82) is 0 Å². The van der Waals surface area contributed by atoms with Crippen molar-refractivity contribution in [2.24, 2.45) is 27.1 Å². The SMILES string of the molecule is CCC(C)(C)C(=O)OC(C)(C)c1ccc2ccccc2c1.CCC(C)(C)C(=O)OC(C)(C)c1ccccc1.CCC(C)(C)C(=O)OC(C)(CC)c1ccccc1.CCC(C)(C)C(=O)OC(CC)(CC)c1ccc2ccccc2c1.CCC(C)(C)C(=O)OC(CC)(CC)c1ccccc1. The maximum Gasteiger partial charge on any atom is 0.312 e. The second-order valence-corrected chi connectivity index (χ2v) is 30.4. The zero-order chi connectivity index (χ0) is 74.2. The van der Waals surface area contributed by atoms with Gasteiger partial charge in [-0.3, -0.25) is 24.0 Å². The third-order valence-corrected chi connectivity index (χ3v) is 20.6. The lowest BCUT2D eigenvalue weighted by Crippen LogP contribution is -2.37. The van der Waals surface area contributed by atoms with E-state index >= 15 is 0 Å². The number of esters is 5. The van der Waals surface area contributed by atoms with Crippen LogP contribution in [-0.2, 0) is 75.7 Å². The molecule has 7 rings (SSSR count). The Hall–Kier alpha value is -7.59. The van der Waals surface area contributed by atoms with Crippen LogP contribution in [0.5, 0.6) is 0 Å². The van der Waals surface area contributed by atoms with Crippen LogP contribution in [0, 0.1) is 27.1 Å². The highest BCUT2D eigenvalue weighted by Gasteiger charge is 2.41. The van der Waals surface area contributed by atoms with Gasteiger partial charge in [0.1, 0.15) is 28.0 Å². The first kappa shape index (κ1) is 84.6. The van der Waals surface area contributed by atoms with E-state index in [4.69, 9.17) is 23.7 Å². The Kier molecular flexibility index (Phi) is 31.5. The Morgan fingerprint density at radius 3 is 0.816 bits per heavy atom. The Labute approximate surface area is 592 Å². The summed E-state index contributed by atoms with van der Waals surface area (Å²) in [5.41, 5.74) is 0.278. The molecule has 536 valence electrons. The van der Waals surface area contributed by atoms with Crippen molar-refractivity contribution in [3.63, 3.8) is 0 Å². The van der Waals surface area contributed by atoms with Crippen molar-refractivity contribution >= 4 is 51.4 Å². The van der Waals surface area contributed by atoms with Crippen molar-refractivity contribution in [3.05, 3.63) is 204 Å². The maximum absolute atomic E-state index is 12.6. The number of hydrogen-bond acceptors (Lipinski definition) is 10. The Morgan fingerprint density at radius 1 is 0.235 bits per heavy atom. The van der Waals surface area contributed by atoms with Gasteiger partial charge in [-0.05, 0) is 230 Å². The van der Waals surface area contributed by atoms with Crippen LogP contribution in [-0.4, -0.2) is 29.8 Å². The van der Waals surface area contributed by atoms with E-state index < -0.39 is 55.1 Å². The number of carbonyl (C=O) groups is 5. The fraction of sp³-hybridized carbons (Fsp3) is 0.511. The molecule has 0 heterocycles. The minimum atomic E-state index is -0.631. The molecule has 10 nitrogen and oxygen atoms in total. The molecule has 0 spiro atoms. The molecule has 0 amide bonds. The van der Waals surface area contributed by atoms with E-state index in [-0.39, 0.29) is 29.8 Å². The summed E-state index contributed by atoms with van der Waals surface area (Å²) in [6.45, 7) is 49.4. The predicted octanol–water partition coefficient (Wildman–Crippen LogP) is 23.8. The van der Waals surface area contributed by atoms with Crippen LogP contribution in [0.1, 0.15) is 265 Å². The lowest BCUT2D eigenvalue weighted by atomic mass is 9.85. The highest BCUT2D eigenvalue weighted by atomic mass is 16.6. The molecule has 1 atom stereocenters. The fourth-order valence-electron chi connectivity index (χ4n) is 10.0. The minimum Gasteiger partial charge on any atom is -0.454 e. The van der Waals surface area contributed by atoms with E-state index in [1.807, 2.05) is 267 Å². The van der Waals surface area contributed by atoms with Gasteiger partial charge >= 0.3 is 29.8 Å². The van der Waals surface area contributed by atoms with Crippen LogP contribution < -0.4 is 0 Å². The molecule has 0 aliphatic rings. The molecule has 0 bridgehead atoms. The molecule has 7 aromatic rings. The van der Waals surface area contributed by atoms with Gasteiger partial charge in [0.05, 0.1) is 27.1 Å². The van der Waals surface area contributed by atoms with Gasteiger partial charge in [0.2, 0.25) is 0 Å². The topological polar surface area (TPSA) is 132 Å². The summed E-state index contributed by atoms with van der Waals surface area (Å²) >= 11 is 0. The minimum absolute atomic E-state index is 0.109. The van der Waals surface area contributed by atoms with E-state index in [1.165, 1.54) is 16.2 Å². The Bertz CT molecular complexity index is 3600. The molecule has 1 unspecified atom stereocenters. The molecule has 0 N–H and O–H groups in total. The van der Waals surface area contributed by atoms with Crippen molar-refractivity contribution in [2.45, 2.75) is 265 Å². The van der Waals surface area contributed by atoms with Crippen LogP contribution in [0.2, 0.25) is 0 Å². The summed E-state index contributed by atoms with van der Waals surface area (Å²) in [5.74, 6) is -0.644. The lowest BCUT2D eigenvalue weighted by Gasteiger charge is -2.35. The molecule has 0 saturated heterocycles. The van der Waals surface area contributed by atoms with Gasteiger partial charge in [-0.2, -0.15) is 0 Å². The molecule has 98 heavy (non-hydrogen) atoms. The summed E-state index contributed by atoms with van der Waals surface area (Å²) in [6.07, 6.45) is 7.76. The zero-order valence-electron chi connectivity index (χ0n) is 64.9. The molecule has 0 saturated carbocycles. The summed E-state index contributed by atoms with van der Waals surface area (Å²) in [6, 6.07) is 58.9. The highest BCUT2D eigenvalue weighted by molar-refractivity contribution is 5.85. The van der Waals surface area contributed by atoms with Crippen LogP contribution in [0.25, 0.3) is 21.5 Å². The predicted molar refractivity (Wildman–Crippen MR) is 406 cm³/mol. The molecule has 10 heteroatoms. The smallest absolute Gasteiger partial charge is 0.312 e. The molecule has 7 aromatic carbocycles. The summed E-state index contributed by atoms with van der Waals surface area (Å²) in [4.78, 5) is 61.6.